The Kier molecular flexibility index (Phi) is 4.93. The van der Waals surface area contributed by atoms with Crippen molar-refractivity contribution >= 4 is 11.9 Å². The molecular formula is C12H21NO4. The third kappa shape index (κ3) is 4.00. The molecule has 1 heterocycles. The van der Waals surface area contributed by atoms with Crippen LogP contribution in [0.1, 0.15) is 20.8 Å². The molecule has 0 spiro atoms. The van der Waals surface area contributed by atoms with Crippen molar-refractivity contribution < 1.29 is 19.1 Å². The van der Waals surface area contributed by atoms with E-state index in [4.69, 9.17) is 9.47 Å². The highest BCUT2D eigenvalue weighted by atomic mass is 16.5. The fourth-order valence-electron chi connectivity index (χ4n) is 2.14. The van der Waals surface area contributed by atoms with Gasteiger partial charge in [-0.15, -0.1) is 0 Å². The Morgan fingerprint density at radius 2 is 2.00 bits per heavy atom. The molecule has 0 N–H and O–H groups in total. The Balaban J connectivity index is 2.43. The van der Waals surface area contributed by atoms with Crippen molar-refractivity contribution in [2.24, 2.45) is 11.8 Å². The van der Waals surface area contributed by atoms with Gasteiger partial charge in [0.2, 0.25) is 0 Å². The standard InChI is InChI=1S/C12H21NO4/c1-8(2)17-11(14)7-13-5-9(3)10(6-13)12(15)16-4/h8-10H,5-7H2,1-4H3. The number of likely N-dealkylation sites (tertiary alicyclic amines) is 1. The highest BCUT2D eigenvalue weighted by molar-refractivity contribution is 5.74. The van der Waals surface area contributed by atoms with Crippen molar-refractivity contribution in [1.29, 1.82) is 0 Å². The summed E-state index contributed by atoms with van der Waals surface area (Å²) < 4.78 is 9.81. The summed E-state index contributed by atoms with van der Waals surface area (Å²) in [6.07, 6.45) is -0.0982. The van der Waals surface area contributed by atoms with Crippen LogP contribution in [0.4, 0.5) is 0 Å². The molecule has 1 saturated heterocycles. The van der Waals surface area contributed by atoms with Gasteiger partial charge < -0.3 is 9.47 Å². The minimum atomic E-state index is -0.238. The molecule has 1 aliphatic rings. The van der Waals surface area contributed by atoms with Crippen LogP contribution in [0.5, 0.6) is 0 Å². The molecule has 0 aromatic carbocycles. The molecule has 2 unspecified atom stereocenters. The maximum atomic E-state index is 11.5. The van der Waals surface area contributed by atoms with Gasteiger partial charge in [-0.05, 0) is 19.8 Å². The van der Waals surface area contributed by atoms with Crippen LogP contribution in [0.3, 0.4) is 0 Å². The van der Waals surface area contributed by atoms with Gasteiger partial charge in [0.1, 0.15) is 0 Å². The SMILES string of the molecule is COC(=O)C1CN(CC(=O)OC(C)C)CC1C. The van der Waals surface area contributed by atoms with Gasteiger partial charge in [0.15, 0.2) is 0 Å². The van der Waals surface area contributed by atoms with Crippen LogP contribution in [0.15, 0.2) is 0 Å². The summed E-state index contributed by atoms with van der Waals surface area (Å²) >= 11 is 0. The molecule has 17 heavy (non-hydrogen) atoms. The van der Waals surface area contributed by atoms with E-state index in [2.05, 4.69) is 0 Å². The summed E-state index contributed by atoms with van der Waals surface area (Å²) in [4.78, 5) is 24.9. The van der Waals surface area contributed by atoms with E-state index in [1.807, 2.05) is 25.7 Å². The summed E-state index contributed by atoms with van der Waals surface area (Å²) in [6.45, 7) is 7.18. The van der Waals surface area contributed by atoms with Crippen LogP contribution in [-0.4, -0.2) is 49.7 Å². The summed E-state index contributed by atoms with van der Waals surface area (Å²) in [5, 5.41) is 0. The molecule has 0 amide bonds. The number of nitrogens with zero attached hydrogens (tertiary/aromatic N) is 1. The van der Waals surface area contributed by atoms with Crippen molar-refractivity contribution in [2.45, 2.75) is 26.9 Å². The van der Waals surface area contributed by atoms with Gasteiger partial charge in [0, 0.05) is 13.1 Å². The van der Waals surface area contributed by atoms with Crippen LogP contribution < -0.4 is 0 Å². The first-order chi connectivity index (χ1) is 7.93. The van der Waals surface area contributed by atoms with E-state index < -0.39 is 0 Å². The second kappa shape index (κ2) is 6.00. The topological polar surface area (TPSA) is 55.8 Å². The summed E-state index contributed by atoms with van der Waals surface area (Å²) in [5.74, 6) is -0.351. The monoisotopic (exact) mass is 243 g/mol. The van der Waals surface area contributed by atoms with Crippen LogP contribution in [0, 0.1) is 11.8 Å². The van der Waals surface area contributed by atoms with Gasteiger partial charge in [-0.2, -0.15) is 0 Å². The number of hydrogen-bond acceptors (Lipinski definition) is 5. The molecule has 5 heteroatoms. The average Bonchev–Trinajstić information content (AvgIpc) is 2.56. The van der Waals surface area contributed by atoms with Crippen molar-refractivity contribution in [3.8, 4) is 0 Å². The minimum absolute atomic E-state index is 0.0982. The first-order valence-electron chi connectivity index (χ1n) is 5.93. The van der Waals surface area contributed by atoms with Gasteiger partial charge in [-0.3, -0.25) is 14.5 Å². The third-order valence-electron chi connectivity index (χ3n) is 2.91. The molecule has 0 aliphatic carbocycles. The first kappa shape index (κ1) is 14.0. The van der Waals surface area contributed by atoms with Crippen molar-refractivity contribution in [1.82, 2.24) is 4.90 Å². The molecule has 0 aromatic rings. The third-order valence-corrected chi connectivity index (χ3v) is 2.91. The zero-order chi connectivity index (χ0) is 13.0. The number of esters is 2. The average molecular weight is 243 g/mol. The fraction of sp³-hybridized carbons (Fsp3) is 0.833. The smallest absolute Gasteiger partial charge is 0.320 e. The van der Waals surface area contributed by atoms with E-state index in [-0.39, 0.29) is 36.4 Å². The van der Waals surface area contributed by atoms with E-state index in [0.29, 0.717) is 6.54 Å². The van der Waals surface area contributed by atoms with E-state index in [1.54, 1.807) is 0 Å². The Morgan fingerprint density at radius 1 is 1.35 bits per heavy atom. The second-order valence-electron chi connectivity index (χ2n) is 4.84. The van der Waals surface area contributed by atoms with Gasteiger partial charge in [0.05, 0.1) is 25.7 Å². The van der Waals surface area contributed by atoms with E-state index in [9.17, 15) is 9.59 Å². The predicted octanol–water partition coefficient (Wildman–Crippen LogP) is 0.679. The van der Waals surface area contributed by atoms with E-state index in [1.165, 1.54) is 7.11 Å². The quantitative estimate of drug-likeness (QED) is 0.680. The molecule has 1 rings (SSSR count). The maximum absolute atomic E-state index is 11.5. The molecule has 0 bridgehead atoms. The fourth-order valence-corrected chi connectivity index (χ4v) is 2.14. The number of rotatable bonds is 4. The van der Waals surface area contributed by atoms with Crippen molar-refractivity contribution in [3.63, 3.8) is 0 Å². The zero-order valence-corrected chi connectivity index (χ0v) is 10.9. The Morgan fingerprint density at radius 3 is 2.53 bits per heavy atom. The van der Waals surface area contributed by atoms with Crippen LogP contribution in [-0.2, 0) is 19.1 Å². The molecule has 1 aliphatic heterocycles. The second-order valence-corrected chi connectivity index (χ2v) is 4.84. The molecule has 0 saturated carbocycles. The number of carbonyl (C=O) groups excluding carboxylic acids is 2. The normalized spacial score (nSPS) is 25.0. The molecule has 2 atom stereocenters. The predicted molar refractivity (Wildman–Crippen MR) is 62.3 cm³/mol. The number of carbonyl (C=O) groups is 2. The highest BCUT2D eigenvalue weighted by Gasteiger charge is 2.36. The molecule has 5 nitrogen and oxygen atoms in total. The molecule has 0 radical (unpaired) electrons. The number of hydrogen-bond donors (Lipinski definition) is 0. The summed E-state index contributed by atoms with van der Waals surface area (Å²) in [7, 11) is 1.39. The Hall–Kier alpha value is -1.10. The summed E-state index contributed by atoms with van der Waals surface area (Å²) in [6, 6.07) is 0. The largest absolute Gasteiger partial charge is 0.469 e. The van der Waals surface area contributed by atoms with Gasteiger partial charge in [0.25, 0.3) is 0 Å². The first-order valence-corrected chi connectivity index (χ1v) is 5.93. The van der Waals surface area contributed by atoms with E-state index in [0.717, 1.165) is 6.54 Å². The zero-order valence-electron chi connectivity index (χ0n) is 10.9. The Bertz CT molecular complexity index is 290. The number of methoxy groups -OCH3 is 1. The molecule has 1 fully saturated rings. The van der Waals surface area contributed by atoms with E-state index >= 15 is 0 Å². The van der Waals surface area contributed by atoms with Crippen LogP contribution >= 0.6 is 0 Å². The lowest BCUT2D eigenvalue weighted by molar-refractivity contribution is -0.149. The summed E-state index contributed by atoms with van der Waals surface area (Å²) in [5.41, 5.74) is 0. The maximum Gasteiger partial charge on any atom is 0.320 e. The molecule has 98 valence electrons. The highest BCUT2D eigenvalue weighted by Crippen LogP contribution is 2.23. The van der Waals surface area contributed by atoms with Crippen LogP contribution in [0.25, 0.3) is 0 Å². The molecule has 0 aromatic heterocycles. The van der Waals surface area contributed by atoms with Gasteiger partial charge in [-0.25, -0.2) is 0 Å². The molecular weight excluding hydrogens is 222 g/mol. The van der Waals surface area contributed by atoms with Gasteiger partial charge >= 0.3 is 11.9 Å². The Labute approximate surface area is 102 Å². The van der Waals surface area contributed by atoms with Crippen molar-refractivity contribution in [3.05, 3.63) is 0 Å². The minimum Gasteiger partial charge on any atom is -0.469 e. The van der Waals surface area contributed by atoms with Crippen molar-refractivity contribution in [2.75, 3.05) is 26.7 Å². The van der Waals surface area contributed by atoms with Gasteiger partial charge in [-0.1, -0.05) is 6.92 Å². The van der Waals surface area contributed by atoms with Crippen LogP contribution in [0.2, 0.25) is 0 Å². The number of ether oxygens (including phenoxy) is 2. The lowest BCUT2D eigenvalue weighted by Crippen LogP contribution is -2.31. The lowest BCUT2D eigenvalue weighted by Gasteiger charge is -2.15. The lowest BCUT2D eigenvalue weighted by atomic mass is 9.99.